The first kappa shape index (κ1) is 19.3. The molecule has 2 atom stereocenters. The van der Waals surface area contributed by atoms with E-state index in [1.165, 1.54) is 48.8 Å². The maximum absolute atomic E-state index is 13.5. The fourth-order valence-corrected chi connectivity index (χ4v) is 6.22. The molecule has 2 fully saturated rings. The van der Waals surface area contributed by atoms with Gasteiger partial charge >= 0.3 is 0 Å². The van der Waals surface area contributed by atoms with Crippen molar-refractivity contribution in [1.29, 1.82) is 0 Å². The molecule has 31 heavy (non-hydrogen) atoms. The topological polar surface area (TPSA) is 28.5 Å². The molecule has 4 nitrogen and oxygen atoms in total. The quantitative estimate of drug-likeness (QED) is 0.631. The van der Waals surface area contributed by atoms with E-state index in [0.717, 1.165) is 36.8 Å². The molecule has 2 bridgehead atoms. The lowest BCUT2D eigenvalue weighted by atomic mass is 9.81. The summed E-state index contributed by atoms with van der Waals surface area (Å²) in [5, 5.41) is 2.40. The molecule has 0 aliphatic carbocycles. The lowest BCUT2D eigenvalue weighted by Gasteiger charge is -2.47. The summed E-state index contributed by atoms with van der Waals surface area (Å²) >= 11 is 0. The average molecular weight is 414 g/mol. The van der Waals surface area contributed by atoms with E-state index < -0.39 is 0 Å². The van der Waals surface area contributed by atoms with E-state index in [1.807, 2.05) is 0 Å². The van der Waals surface area contributed by atoms with E-state index in [-0.39, 0.29) is 5.56 Å². The number of likely N-dealkylation sites (tertiary alicyclic amines) is 2. The van der Waals surface area contributed by atoms with Crippen LogP contribution < -0.4 is 5.56 Å². The van der Waals surface area contributed by atoms with E-state index in [4.69, 9.17) is 0 Å². The first-order chi connectivity index (χ1) is 15.2. The second-order valence-electron chi connectivity index (χ2n) is 9.94. The summed E-state index contributed by atoms with van der Waals surface area (Å²) in [7, 11) is 2.23. The van der Waals surface area contributed by atoms with Crippen molar-refractivity contribution < 1.29 is 0 Å². The van der Waals surface area contributed by atoms with Gasteiger partial charge in [-0.1, -0.05) is 36.4 Å². The van der Waals surface area contributed by atoms with Gasteiger partial charge < -0.3 is 9.47 Å². The fraction of sp³-hybridized carbons (Fsp3) is 0.444. The molecule has 4 heteroatoms. The summed E-state index contributed by atoms with van der Waals surface area (Å²) in [5.41, 5.74) is 3.31. The molecular formula is C27H31N3O. The Bertz CT molecular complexity index is 1170. The van der Waals surface area contributed by atoms with E-state index in [0.29, 0.717) is 11.8 Å². The molecule has 3 aliphatic heterocycles. The molecule has 3 aliphatic rings. The maximum atomic E-state index is 13.5. The summed E-state index contributed by atoms with van der Waals surface area (Å²) in [6.45, 7) is 5.55. The number of pyridine rings is 1. The van der Waals surface area contributed by atoms with Crippen LogP contribution in [0.3, 0.4) is 0 Å². The molecule has 0 radical (unpaired) electrons. The third-order valence-corrected chi connectivity index (χ3v) is 7.90. The van der Waals surface area contributed by atoms with Crippen molar-refractivity contribution in [1.82, 2.24) is 14.4 Å². The lowest BCUT2D eigenvalue weighted by Crippen LogP contribution is -2.53. The Kier molecular flexibility index (Phi) is 4.73. The van der Waals surface area contributed by atoms with Crippen LogP contribution in [0.25, 0.3) is 21.9 Å². The van der Waals surface area contributed by atoms with Crippen molar-refractivity contribution >= 4 is 10.8 Å². The number of aromatic nitrogens is 1. The van der Waals surface area contributed by atoms with Crippen molar-refractivity contribution in [3.8, 4) is 11.1 Å². The number of hydrogen-bond donors (Lipinski definition) is 0. The number of piperidine rings is 2. The van der Waals surface area contributed by atoms with Crippen molar-refractivity contribution in [3.05, 3.63) is 70.6 Å². The zero-order chi connectivity index (χ0) is 20.9. The van der Waals surface area contributed by atoms with Crippen LogP contribution in [0.15, 0.2) is 59.4 Å². The monoisotopic (exact) mass is 413 g/mol. The van der Waals surface area contributed by atoms with Crippen LogP contribution in [0, 0.1) is 5.92 Å². The first-order valence-corrected chi connectivity index (χ1v) is 11.8. The van der Waals surface area contributed by atoms with Crippen molar-refractivity contribution in [2.75, 3.05) is 33.2 Å². The summed E-state index contributed by atoms with van der Waals surface area (Å²) in [6.07, 6.45) is 3.80. The van der Waals surface area contributed by atoms with Crippen LogP contribution in [0.4, 0.5) is 0 Å². The van der Waals surface area contributed by atoms with Crippen molar-refractivity contribution in [2.24, 2.45) is 5.92 Å². The fourth-order valence-electron chi connectivity index (χ4n) is 6.22. The normalized spacial score (nSPS) is 24.9. The second-order valence-corrected chi connectivity index (χ2v) is 9.94. The van der Waals surface area contributed by atoms with Gasteiger partial charge in [-0.3, -0.25) is 9.69 Å². The summed E-state index contributed by atoms with van der Waals surface area (Å²) in [5.74, 6) is 1.08. The lowest BCUT2D eigenvalue weighted by molar-refractivity contribution is 0.0517. The zero-order valence-electron chi connectivity index (χ0n) is 18.3. The van der Waals surface area contributed by atoms with Gasteiger partial charge in [0.1, 0.15) is 0 Å². The maximum Gasteiger partial charge on any atom is 0.258 e. The zero-order valence-corrected chi connectivity index (χ0v) is 18.3. The SMILES string of the molecule is CN1CCC(N2C[C@@H]3C[C@H](C2)c2ccc(-c4ccc5ccccc5c4)c(=O)n2C3)CC1. The third kappa shape index (κ3) is 3.42. The Labute approximate surface area is 184 Å². The number of benzene rings is 2. The molecule has 4 heterocycles. The molecule has 0 unspecified atom stereocenters. The van der Waals surface area contributed by atoms with Crippen LogP contribution in [0.5, 0.6) is 0 Å². The number of hydrogen-bond acceptors (Lipinski definition) is 3. The molecule has 1 aromatic heterocycles. The second kappa shape index (κ2) is 7.61. The highest BCUT2D eigenvalue weighted by Crippen LogP contribution is 2.37. The highest BCUT2D eigenvalue weighted by atomic mass is 16.1. The predicted molar refractivity (Wildman–Crippen MR) is 127 cm³/mol. The number of nitrogens with zero attached hydrogens (tertiary/aromatic N) is 3. The summed E-state index contributed by atoms with van der Waals surface area (Å²) in [6, 6.07) is 19.8. The molecule has 160 valence electrons. The van der Waals surface area contributed by atoms with Gasteiger partial charge in [0.2, 0.25) is 0 Å². The van der Waals surface area contributed by atoms with Crippen molar-refractivity contribution in [3.63, 3.8) is 0 Å². The van der Waals surface area contributed by atoms with Crippen LogP contribution in [-0.4, -0.2) is 53.6 Å². The summed E-state index contributed by atoms with van der Waals surface area (Å²) in [4.78, 5) is 18.7. The minimum absolute atomic E-state index is 0.190. The highest BCUT2D eigenvalue weighted by Gasteiger charge is 2.37. The molecule has 6 rings (SSSR count). The molecule has 3 aromatic rings. The van der Waals surface area contributed by atoms with Gasteiger partial charge in [-0.05, 0) is 79.9 Å². The Hall–Kier alpha value is -2.43. The van der Waals surface area contributed by atoms with Crippen LogP contribution >= 0.6 is 0 Å². The molecule has 0 amide bonds. The largest absolute Gasteiger partial charge is 0.311 e. The Balaban J connectivity index is 1.31. The Morgan fingerprint density at radius 3 is 2.52 bits per heavy atom. The van der Waals surface area contributed by atoms with E-state index in [2.05, 4.69) is 76.0 Å². The third-order valence-electron chi connectivity index (χ3n) is 7.90. The highest BCUT2D eigenvalue weighted by molar-refractivity contribution is 5.87. The Morgan fingerprint density at radius 2 is 1.68 bits per heavy atom. The smallest absolute Gasteiger partial charge is 0.258 e. The standard InChI is InChI=1S/C27H31N3O/c1-28-12-10-24(11-13-28)29-16-19-14-23(18-29)26-9-8-25(27(31)30(26)17-19)22-7-6-20-4-2-3-5-21(20)15-22/h2-9,15,19,23-24H,10-14,16-18H2,1H3/t19-,23+/m0/s1. The van der Waals surface area contributed by atoms with Gasteiger partial charge in [-0.2, -0.15) is 0 Å². The van der Waals surface area contributed by atoms with Crippen LogP contribution in [-0.2, 0) is 6.54 Å². The molecule has 0 saturated carbocycles. The van der Waals surface area contributed by atoms with Crippen LogP contribution in [0.1, 0.15) is 30.9 Å². The molecule has 2 aromatic carbocycles. The average Bonchev–Trinajstić information content (AvgIpc) is 2.80. The minimum atomic E-state index is 0.190. The van der Waals surface area contributed by atoms with E-state index in [9.17, 15) is 4.79 Å². The van der Waals surface area contributed by atoms with Gasteiger partial charge in [0.05, 0.1) is 0 Å². The Morgan fingerprint density at radius 1 is 0.871 bits per heavy atom. The van der Waals surface area contributed by atoms with Gasteiger partial charge in [0.25, 0.3) is 5.56 Å². The molecule has 2 saturated heterocycles. The van der Waals surface area contributed by atoms with Gasteiger partial charge in [0.15, 0.2) is 0 Å². The van der Waals surface area contributed by atoms with E-state index in [1.54, 1.807) is 0 Å². The number of rotatable bonds is 2. The van der Waals surface area contributed by atoms with Gasteiger partial charge in [0, 0.05) is 42.9 Å². The number of fused-ring (bicyclic) bond motifs is 5. The molecular weight excluding hydrogens is 382 g/mol. The van der Waals surface area contributed by atoms with Gasteiger partial charge in [-0.25, -0.2) is 0 Å². The minimum Gasteiger partial charge on any atom is -0.311 e. The molecule has 0 N–H and O–H groups in total. The van der Waals surface area contributed by atoms with Crippen LogP contribution in [0.2, 0.25) is 0 Å². The van der Waals surface area contributed by atoms with Gasteiger partial charge in [-0.15, -0.1) is 0 Å². The summed E-state index contributed by atoms with van der Waals surface area (Å²) < 4.78 is 2.11. The molecule has 0 spiro atoms. The first-order valence-electron chi connectivity index (χ1n) is 11.8. The predicted octanol–water partition coefficient (Wildman–Crippen LogP) is 4.18. The van der Waals surface area contributed by atoms with E-state index >= 15 is 0 Å². The van der Waals surface area contributed by atoms with Crippen molar-refractivity contribution in [2.45, 2.75) is 37.8 Å².